The molecule has 18 heavy (non-hydrogen) atoms. The van der Waals surface area contributed by atoms with E-state index in [1.807, 2.05) is 0 Å². The van der Waals surface area contributed by atoms with Crippen molar-refractivity contribution in [1.82, 2.24) is 5.32 Å². The number of anilines is 1. The molecule has 3 N–H and O–H groups in total. The molecule has 0 radical (unpaired) electrons. The van der Waals surface area contributed by atoms with E-state index in [9.17, 15) is 13.2 Å². The number of nitrogens with one attached hydrogen (secondary N) is 1. The number of nitrogens with two attached hydrogens (primary N) is 1. The van der Waals surface area contributed by atoms with Crippen LogP contribution in [0.25, 0.3) is 0 Å². The molecule has 7 heteroatoms. The van der Waals surface area contributed by atoms with Gasteiger partial charge in [-0.1, -0.05) is 0 Å². The number of hydrogen-bond donors (Lipinski definition) is 2. The van der Waals surface area contributed by atoms with E-state index in [2.05, 4.69) is 5.32 Å². The fourth-order valence-electron chi connectivity index (χ4n) is 1.44. The molecular formula is C11H17ClN2O3S. The number of sulfone groups is 1. The Kier molecular flexibility index (Phi) is 6.14. The van der Waals surface area contributed by atoms with Gasteiger partial charge in [0.05, 0.1) is 5.75 Å². The first-order chi connectivity index (χ1) is 7.78. The van der Waals surface area contributed by atoms with Crippen molar-refractivity contribution >= 4 is 33.8 Å². The van der Waals surface area contributed by atoms with Gasteiger partial charge >= 0.3 is 0 Å². The van der Waals surface area contributed by atoms with Crippen LogP contribution in [0.4, 0.5) is 5.69 Å². The maximum atomic E-state index is 11.7. The standard InChI is InChI=1S/C11H16N2O3S.ClH/c1-8(7-17(2,15)16)13-11(14)9-3-5-10(12)6-4-9;/h3-6,8H,7,12H2,1-2H3,(H,13,14);1H. The summed E-state index contributed by atoms with van der Waals surface area (Å²) < 4.78 is 22.1. The summed E-state index contributed by atoms with van der Waals surface area (Å²) in [5.41, 5.74) is 6.53. The highest BCUT2D eigenvalue weighted by Crippen LogP contribution is 2.05. The van der Waals surface area contributed by atoms with Crippen molar-refractivity contribution in [3.05, 3.63) is 29.8 Å². The summed E-state index contributed by atoms with van der Waals surface area (Å²) in [5.74, 6) is -0.380. The Balaban J connectivity index is 0.00000289. The topological polar surface area (TPSA) is 89.3 Å². The molecule has 1 aromatic rings. The molecule has 1 aromatic carbocycles. The Morgan fingerprint density at radius 2 is 1.83 bits per heavy atom. The first-order valence-electron chi connectivity index (χ1n) is 5.12. The molecule has 0 spiro atoms. The zero-order chi connectivity index (χ0) is 13.1. The second-order valence-electron chi connectivity index (χ2n) is 4.09. The predicted molar refractivity (Wildman–Crippen MR) is 74.7 cm³/mol. The van der Waals surface area contributed by atoms with Gasteiger partial charge in [0.15, 0.2) is 0 Å². The molecule has 1 rings (SSSR count). The number of benzene rings is 1. The number of carbonyl (C=O) groups excluding carboxylic acids is 1. The smallest absolute Gasteiger partial charge is 0.251 e. The average Bonchev–Trinajstić information content (AvgIpc) is 2.15. The molecule has 0 saturated heterocycles. The van der Waals surface area contributed by atoms with Gasteiger partial charge in [0.2, 0.25) is 0 Å². The quantitative estimate of drug-likeness (QED) is 0.805. The number of carbonyl (C=O) groups is 1. The van der Waals surface area contributed by atoms with E-state index >= 15 is 0 Å². The largest absolute Gasteiger partial charge is 0.399 e. The van der Waals surface area contributed by atoms with Gasteiger partial charge in [-0.3, -0.25) is 4.79 Å². The van der Waals surface area contributed by atoms with E-state index in [4.69, 9.17) is 5.73 Å². The lowest BCUT2D eigenvalue weighted by molar-refractivity contribution is 0.0943. The van der Waals surface area contributed by atoms with E-state index in [1.54, 1.807) is 31.2 Å². The van der Waals surface area contributed by atoms with Gasteiger partial charge in [-0.2, -0.15) is 0 Å². The second-order valence-corrected chi connectivity index (χ2v) is 6.27. The molecule has 0 heterocycles. The van der Waals surface area contributed by atoms with Crippen LogP contribution in [0.1, 0.15) is 17.3 Å². The highest BCUT2D eigenvalue weighted by atomic mass is 35.5. The molecule has 0 bridgehead atoms. The first kappa shape index (κ1) is 16.7. The minimum atomic E-state index is -3.09. The van der Waals surface area contributed by atoms with E-state index in [0.717, 1.165) is 6.26 Å². The molecule has 1 atom stereocenters. The minimum Gasteiger partial charge on any atom is -0.399 e. The van der Waals surface area contributed by atoms with Crippen LogP contribution < -0.4 is 11.1 Å². The molecule has 102 valence electrons. The van der Waals surface area contributed by atoms with Gasteiger partial charge < -0.3 is 11.1 Å². The van der Waals surface area contributed by atoms with E-state index in [-0.39, 0.29) is 24.1 Å². The third-order valence-electron chi connectivity index (χ3n) is 2.10. The lowest BCUT2D eigenvalue weighted by atomic mass is 10.2. The van der Waals surface area contributed by atoms with Crippen LogP contribution in [0.5, 0.6) is 0 Å². The maximum Gasteiger partial charge on any atom is 0.251 e. The van der Waals surface area contributed by atoms with Crippen molar-refractivity contribution in [2.24, 2.45) is 0 Å². The zero-order valence-electron chi connectivity index (χ0n) is 10.2. The SMILES string of the molecule is CC(CS(C)(=O)=O)NC(=O)c1ccc(N)cc1.Cl. The highest BCUT2D eigenvalue weighted by Gasteiger charge is 2.14. The van der Waals surface area contributed by atoms with Gasteiger partial charge in [0.25, 0.3) is 5.91 Å². The Morgan fingerprint density at radius 1 is 1.33 bits per heavy atom. The lowest BCUT2D eigenvalue weighted by Gasteiger charge is -2.12. The third kappa shape index (κ3) is 5.88. The molecule has 0 aliphatic carbocycles. The molecule has 0 fully saturated rings. The predicted octanol–water partition coefficient (Wildman–Crippen LogP) is 0.853. The minimum absolute atomic E-state index is 0. The summed E-state index contributed by atoms with van der Waals surface area (Å²) in [5, 5.41) is 2.61. The normalized spacial score (nSPS) is 12.3. The first-order valence-corrected chi connectivity index (χ1v) is 7.18. The van der Waals surface area contributed by atoms with E-state index in [0.29, 0.717) is 11.3 Å². The van der Waals surface area contributed by atoms with Crippen LogP contribution in [0.15, 0.2) is 24.3 Å². The van der Waals surface area contributed by atoms with Crippen LogP contribution in [0, 0.1) is 0 Å². The Morgan fingerprint density at radius 3 is 2.28 bits per heavy atom. The van der Waals surface area contributed by atoms with Crippen LogP contribution in [0.2, 0.25) is 0 Å². The Labute approximate surface area is 113 Å². The Hall–Kier alpha value is -1.27. The van der Waals surface area contributed by atoms with Gasteiger partial charge in [-0.25, -0.2) is 8.42 Å². The van der Waals surface area contributed by atoms with Crippen LogP contribution in [-0.4, -0.2) is 32.4 Å². The van der Waals surface area contributed by atoms with Crippen LogP contribution in [0.3, 0.4) is 0 Å². The molecule has 0 aliphatic rings. The van der Waals surface area contributed by atoms with E-state index in [1.165, 1.54) is 0 Å². The zero-order valence-corrected chi connectivity index (χ0v) is 11.8. The molecule has 5 nitrogen and oxygen atoms in total. The molecular weight excluding hydrogens is 276 g/mol. The second kappa shape index (κ2) is 6.61. The summed E-state index contributed by atoms with van der Waals surface area (Å²) >= 11 is 0. The molecule has 1 amide bonds. The van der Waals surface area contributed by atoms with Crippen LogP contribution >= 0.6 is 12.4 Å². The van der Waals surface area contributed by atoms with Gasteiger partial charge in [0.1, 0.15) is 9.84 Å². The van der Waals surface area contributed by atoms with Crippen LogP contribution in [-0.2, 0) is 9.84 Å². The summed E-state index contributed by atoms with van der Waals surface area (Å²) in [6.45, 7) is 1.65. The van der Waals surface area contributed by atoms with Crippen molar-refractivity contribution in [2.45, 2.75) is 13.0 Å². The summed E-state index contributed by atoms with van der Waals surface area (Å²) in [4.78, 5) is 11.7. The van der Waals surface area contributed by atoms with E-state index < -0.39 is 15.9 Å². The van der Waals surface area contributed by atoms with Crippen molar-refractivity contribution in [3.63, 3.8) is 0 Å². The maximum absolute atomic E-state index is 11.7. The fourth-order valence-corrected chi connectivity index (χ4v) is 2.43. The third-order valence-corrected chi connectivity index (χ3v) is 3.21. The molecule has 0 aliphatic heterocycles. The number of halogens is 1. The summed E-state index contributed by atoms with van der Waals surface area (Å²) in [6.07, 6.45) is 1.14. The molecule has 1 unspecified atom stereocenters. The van der Waals surface area contributed by atoms with Gasteiger partial charge in [-0.05, 0) is 31.2 Å². The van der Waals surface area contributed by atoms with Crippen molar-refractivity contribution < 1.29 is 13.2 Å². The molecule has 0 saturated carbocycles. The van der Waals surface area contributed by atoms with Gasteiger partial charge in [0, 0.05) is 23.5 Å². The highest BCUT2D eigenvalue weighted by molar-refractivity contribution is 7.90. The van der Waals surface area contributed by atoms with Crippen molar-refractivity contribution in [3.8, 4) is 0 Å². The van der Waals surface area contributed by atoms with Crippen molar-refractivity contribution in [2.75, 3.05) is 17.7 Å². The van der Waals surface area contributed by atoms with Gasteiger partial charge in [-0.15, -0.1) is 12.4 Å². The average molecular weight is 293 g/mol. The Bertz CT molecular complexity index is 500. The number of hydrogen-bond acceptors (Lipinski definition) is 4. The lowest BCUT2D eigenvalue weighted by Crippen LogP contribution is -2.37. The monoisotopic (exact) mass is 292 g/mol. The fraction of sp³-hybridized carbons (Fsp3) is 0.364. The summed E-state index contributed by atoms with van der Waals surface area (Å²) in [6, 6.07) is 6.01. The summed E-state index contributed by atoms with van der Waals surface area (Å²) in [7, 11) is -3.09. The van der Waals surface area contributed by atoms with Crippen molar-refractivity contribution in [1.29, 1.82) is 0 Å². The number of rotatable bonds is 4. The molecule has 0 aromatic heterocycles. The number of amides is 1. The number of nitrogen functional groups attached to an aromatic ring is 1.